The Morgan fingerprint density at radius 2 is 1.02 bits per heavy atom. The van der Waals surface area contributed by atoms with Crippen LogP contribution in [-0.4, -0.2) is 24.1 Å². The van der Waals surface area contributed by atoms with Crippen molar-refractivity contribution in [1.29, 1.82) is 0 Å². The fourth-order valence-electron chi connectivity index (χ4n) is 8.24. The van der Waals surface area contributed by atoms with E-state index in [0.717, 1.165) is 43.8 Å². The molecule has 7 aromatic carbocycles. The molecule has 53 heavy (non-hydrogen) atoms. The first-order valence-electron chi connectivity index (χ1n) is 22.3. The summed E-state index contributed by atoms with van der Waals surface area (Å²) < 4.78 is 90.3. The van der Waals surface area contributed by atoms with Crippen molar-refractivity contribution < 1.29 is 13.7 Å². The quantitative estimate of drug-likeness (QED) is 0.185. The van der Waals surface area contributed by atoms with E-state index >= 15 is 0 Å². The third-order valence-corrected chi connectivity index (χ3v) is 10.6. The SMILES string of the molecule is [2H]c1c([2H])c([2H])c(-c2nc(-c3c([2H])c([2H])c([2H])c([2H])c3[2H])nc(-n3c4ccccc4c4ccc5c6ccccc6n(-c6ccc7c(c6)-c6ccccc6C7(C)C)c5c43)n2)c([2H])c1[2H]. The molecule has 0 N–H and O–H groups in total. The van der Waals surface area contributed by atoms with Crippen LogP contribution in [-0.2, 0) is 5.41 Å². The third kappa shape index (κ3) is 4.28. The van der Waals surface area contributed by atoms with Crippen LogP contribution in [0.5, 0.6) is 0 Å². The van der Waals surface area contributed by atoms with E-state index in [9.17, 15) is 0 Å². The van der Waals surface area contributed by atoms with Crippen LogP contribution in [0.15, 0.2) is 164 Å². The molecule has 3 heterocycles. The summed E-state index contributed by atoms with van der Waals surface area (Å²) in [5.41, 5.74) is 7.90. The first-order chi connectivity index (χ1) is 30.2. The lowest BCUT2D eigenvalue weighted by Gasteiger charge is -2.21. The van der Waals surface area contributed by atoms with Crippen molar-refractivity contribution in [3.63, 3.8) is 0 Å². The van der Waals surface area contributed by atoms with Crippen LogP contribution in [0.1, 0.15) is 38.7 Å². The van der Waals surface area contributed by atoms with Crippen LogP contribution in [0.3, 0.4) is 0 Å². The van der Waals surface area contributed by atoms with E-state index in [0.29, 0.717) is 11.0 Å². The predicted octanol–water partition coefficient (Wildman–Crippen LogP) is 11.7. The molecule has 5 heteroatoms. The van der Waals surface area contributed by atoms with Gasteiger partial charge in [-0.3, -0.25) is 4.57 Å². The summed E-state index contributed by atoms with van der Waals surface area (Å²) in [5, 5.41) is 3.59. The van der Waals surface area contributed by atoms with Crippen molar-refractivity contribution in [1.82, 2.24) is 24.1 Å². The summed E-state index contributed by atoms with van der Waals surface area (Å²) in [5.74, 6) is -0.733. The van der Waals surface area contributed by atoms with Crippen LogP contribution < -0.4 is 0 Å². The molecule has 0 atom stereocenters. The van der Waals surface area contributed by atoms with Gasteiger partial charge in [-0.25, -0.2) is 4.98 Å². The van der Waals surface area contributed by atoms with Crippen molar-refractivity contribution in [2.75, 3.05) is 0 Å². The van der Waals surface area contributed by atoms with E-state index < -0.39 is 60.4 Å². The van der Waals surface area contributed by atoms with Crippen LogP contribution in [0.25, 0.3) is 89.2 Å². The topological polar surface area (TPSA) is 48.5 Å². The van der Waals surface area contributed by atoms with Crippen molar-refractivity contribution >= 4 is 43.6 Å². The molecule has 0 bridgehead atoms. The van der Waals surface area contributed by atoms with Crippen molar-refractivity contribution in [2.24, 2.45) is 0 Å². The Morgan fingerprint density at radius 1 is 0.491 bits per heavy atom. The van der Waals surface area contributed by atoms with Gasteiger partial charge < -0.3 is 4.57 Å². The zero-order valence-electron chi connectivity index (χ0n) is 38.6. The summed E-state index contributed by atoms with van der Waals surface area (Å²) in [6.45, 7) is 4.48. The first-order valence-corrected chi connectivity index (χ1v) is 17.3. The Kier molecular flexibility index (Phi) is 4.49. The molecule has 10 aromatic rings. The molecule has 1 aliphatic carbocycles. The fraction of sp³-hybridized carbons (Fsp3) is 0.0625. The van der Waals surface area contributed by atoms with Crippen molar-refractivity contribution in [2.45, 2.75) is 19.3 Å². The van der Waals surface area contributed by atoms with E-state index in [4.69, 9.17) is 23.7 Å². The molecule has 0 radical (unpaired) electrons. The first kappa shape index (κ1) is 21.5. The lowest BCUT2D eigenvalue weighted by Crippen LogP contribution is -2.14. The van der Waals surface area contributed by atoms with Gasteiger partial charge in [-0.1, -0.05) is 153 Å². The second-order valence-corrected chi connectivity index (χ2v) is 13.7. The maximum atomic E-state index is 8.91. The van der Waals surface area contributed by atoms with Crippen molar-refractivity contribution in [3.8, 4) is 45.5 Å². The van der Waals surface area contributed by atoms with Gasteiger partial charge in [0, 0.05) is 43.8 Å². The number of hydrogen-bond donors (Lipinski definition) is 0. The molecular formula is C48H33N5. The zero-order valence-corrected chi connectivity index (χ0v) is 28.6. The molecule has 11 rings (SSSR count). The van der Waals surface area contributed by atoms with Crippen LogP contribution in [0.2, 0.25) is 0 Å². The maximum Gasteiger partial charge on any atom is 0.238 e. The Bertz CT molecular complexity index is 3540. The molecule has 1 aliphatic rings. The van der Waals surface area contributed by atoms with E-state index in [1.807, 2.05) is 47.0 Å². The monoisotopic (exact) mass is 689 g/mol. The second kappa shape index (κ2) is 11.1. The van der Waals surface area contributed by atoms with E-state index in [1.54, 1.807) is 0 Å². The minimum atomic E-state index is -0.610. The summed E-state index contributed by atoms with van der Waals surface area (Å²) in [6, 6.07) is 29.1. The van der Waals surface area contributed by atoms with Gasteiger partial charge in [0.1, 0.15) is 0 Å². The molecule has 0 aliphatic heterocycles. The maximum absolute atomic E-state index is 8.91. The van der Waals surface area contributed by atoms with Gasteiger partial charge in [-0.05, 0) is 46.5 Å². The lowest BCUT2D eigenvalue weighted by molar-refractivity contribution is 0.660. The van der Waals surface area contributed by atoms with E-state index in [-0.39, 0.29) is 34.1 Å². The number of fused-ring (bicyclic) bond motifs is 10. The van der Waals surface area contributed by atoms with Gasteiger partial charge in [0.25, 0.3) is 0 Å². The van der Waals surface area contributed by atoms with Crippen LogP contribution in [0.4, 0.5) is 0 Å². The molecule has 0 spiro atoms. The number of hydrogen-bond acceptors (Lipinski definition) is 3. The standard InChI is InChI=1S/C48H33N5/c1-48(2)39-22-12-9-19-33(39)38-29-32(25-28-40(38)48)52-41-23-13-10-20-34(41)36-26-27-37-35-21-11-14-24-42(35)53(44(37)43(36)52)47-50-45(30-15-5-3-6-16-30)49-46(51-47)31-17-7-4-8-18-31/h3-29H,1-2H3/i3D,4D,5D,6D,7D,8D,15D,16D,17D,18D. The largest absolute Gasteiger partial charge is 0.307 e. The van der Waals surface area contributed by atoms with Gasteiger partial charge in [-0.2, -0.15) is 9.97 Å². The molecule has 3 aromatic heterocycles. The van der Waals surface area contributed by atoms with Gasteiger partial charge in [-0.15, -0.1) is 0 Å². The molecule has 5 nitrogen and oxygen atoms in total. The second-order valence-electron chi connectivity index (χ2n) is 13.7. The normalized spacial score (nSPS) is 15.9. The van der Waals surface area contributed by atoms with Crippen molar-refractivity contribution in [3.05, 3.63) is 175 Å². The minimum Gasteiger partial charge on any atom is -0.307 e. The Labute approximate surface area is 320 Å². The molecule has 0 unspecified atom stereocenters. The van der Waals surface area contributed by atoms with Gasteiger partial charge in [0.2, 0.25) is 5.95 Å². The fourth-order valence-corrected chi connectivity index (χ4v) is 8.24. The lowest BCUT2D eigenvalue weighted by atomic mass is 9.82. The summed E-state index contributed by atoms with van der Waals surface area (Å²) >= 11 is 0. The number of benzene rings is 7. The zero-order chi connectivity index (χ0) is 44.0. The van der Waals surface area contributed by atoms with Crippen LogP contribution in [0, 0.1) is 0 Å². The van der Waals surface area contributed by atoms with E-state index in [1.165, 1.54) is 16.7 Å². The summed E-state index contributed by atoms with van der Waals surface area (Å²) in [7, 11) is 0. The van der Waals surface area contributed by atoms with E-state index in [2.05, 4.69) is 84.1 Å². The van der Waals surface area contributed by atoms with Gasteiger partial charge in [0.05, 0.1) is 35.8 Å². The highest BCUT2D eigenvalue weighted by atomic mass is 15.2. The van der Waals surface area contributed by atoms with Gasteiger partial charge in [0.15, 0.2) is 11.6 Å². The Balaban J connectivity index is 1.31. The Hall–Kier alpha value is -6.85. The molecular weight excluding hydrogens is 647 g/mol. The number of aromatic nitrogens is 5. The van der Waals surface area contributed by atoms with Crippen LogP contribution >= 0.6 is 0 Å². The minimum absolute atomic E-state index is 0.0613. The highest BCUT2D eigenvalue weighted by Gasteiger charge is 2.35. The highest BCUT2D eigenvalue weighted by molar-refractivity contribution is 6.23. The number of rotatable bonds is 4. The smallest absolute Gasteiger partial charge is 0.238 e. The molecule has 250 valence electrons. The highest BCUT2D eigenvalue weighted by Crippen LogP contribution is 2.50. The molecule has 0 amide bonds. The third-order valence-electron chi connectivity index (χ3n) is 10.6. The summed E-state index contributed by atoms with van der Waals surface area (Å²) in [4.78, 5) is 14.3. The van der Waals surface area contributed by atoms with Gasteiger partial charge >= 0.3 is 0 Å². The average Bonchev–Trinajstić information content (AvgIpc) is 3.89. The molecule has 0 saturated heterocycles. The number of nitrogens with zero attached hydrogens (tertiary/aromatic N) is 5. The molecule has 0 fully saturated rings. The summed E-state index contributed by atoms with van der Waals surface area (Å²) in [6.07, 6.45) is 0. The average molecular weight is 690 g/mol. The Morgan fingerprint density at radius 3 is 1.66 bits per heavy atom. The number of para-hydroxylation sites is 2. The molecule has 0 saturated carbocycles. The predicted molar refractivity (Wildman–Crippen MR) is 217 cm³/mol.